The third-order valence-electron chi connectivity index (χ3n) is 5.17. The molecular weight excluding hydrogens is 352 g/mol. The van der Waals surface area contributed by atoms with Gasteiger partial charge in [-0.15, -0.1) is 0 Å². The van der Waals surface area contributed by atoms with E-state index in [0.717, 1.165) is 62.8 Å². The second-order valence-corrected chi connectivity index (χ2v) is 7.10. The zero-order valence-corrected chi connectivity index (χ0v) is 16.7. The predicted molar refractivity (Wildman–Crippen MR) is 111 cm³/mol. The molecule has 0 N–H and O–H groups in total. The molecule has 0 bridgehead atoms. The molecule has 0 spiro atoms. The number of benzene rings is 2. The van der Waals surface area contributed by atoms with Crippen LogP contribution in [0.4, 0.5) is 0 Å². The molecule has 2 aromatic carbocycles. The van der Waals surface area contributed by atoms with Crippen molar-refractivity contribution >= 4 is 5.78 Å². The standard InChI is InChI=1S/C23H30N2O3/c1-27-21-9-11-22(12-10-21)28-19-18-25-16-14-24(15-17-25)13-5-8-23(26)20-6-3-2-4-7-20/h2-4,6-7,9-12H,5,8,13-19H2,1H3. The van der Waals surface area contributed by atoms with Gasteiger partial charge in [0, 0.05) is 44.7 Å². The van der Waals surface area contributed by atoms with Gasteiger partial charge in [-0.1, -0.05) is 30.3 Å². The van der Waals surface area contributed by atoms with Crippen molar-refractivity contribution in [3.8, 4) is 11.5 Å². The fraction of sp³-hybridized carbons (Fsp3) is 0.435. The molecule has 0 radical (unpaired) electrons. The van der Waals surface area contributed by atoms with E-state index in [1.807, 2.05) is 54.6 Å². The third kappa shape index (κ3) is 6.36. The van der Waals surface area contributed by atoms with Crippen LogP contribution in [0.5, 0.6) is 11.5 Å². The lowest BCUT2D eigenvalue weighted by atomic mass is 10.1. The fourth-order valence-corrected chi connectivity index (χ4v) is 3.43. The van der Waals surface area contributed by atoms with E-state index in [1.54, 1.807) is 7.11 Å². The molecule has 1 heterocycles. The lowest BCUT2D eigenvalue weighted by Crippen LogP contribution is -2.47. The number of carbonyl (C=O) groups excluding carboxylic acids is 1. The number of hydrogen-bond acceptors (Lipinski definition) is 5. The number of methoxy groups -OCH3 is 1. The second kappa shape index (κ2) is 10.8. The van der Waals surface area contributed by atoms with Crippen molar-refractivity contribution in [3.05, 3.63) is 60.2 Å². The summed E-state index contributed by atoms with van der Waals surface area (Å²) in [6.07, 6.45) is 1.55. The van der Waals surface area contributed by atoms with Gasteiger partial charge in [0.05, 0.1) is 7.11 Å². The monoisotopic (exact) mass is 382 g/mol. The van der Waals surface area contributed by atoms with Crippen molar-refractivity contribution in [2.45, 2.75) is 12.8 Å². The number of ketones is 1. The smallest absolute Gasteiger partial charge is 0.162 e. The number of nitrogens with zero attached hydrogens (tertiary/aromatic N) is 2. The molecule has 150 valence electrons. The fourth-order valence-electron chi connectivity index (χ4n) is 3.43. The number of ether oxygens (including phenoxy) is 2. The van der Waals surface area contributed by atoms with Crippen molar-refractivity contribution in [1.82, 2.24) is 9.80 Å². The molecule has 0 unspecified atom stereocenters. The minimum Gasteiger partial charge on any atom is -0.497 e. The van der Waals surface area contributed by atoms with Gasteiger partial charge in [-0.3, -0.25) is 9.69 Å². The average Bonchev–Trinajstić information content (AvgIpc) is 2.76. The van der Waals surface area contributed by atoms with Gasteiger partial charge in [-0.05, 0) is 37.2 Å². The highest BCUT2D eigenvalue weighted by Crippen LogP contribution is 2.17. The van der Waals surface area contributed by atoms with E-state index in [-0.39, 0.29) is 5.78 Å². The summed E-state index contributed by atoms with van der Waals surface area (Å²) < 4.78 is 11.0. The van der Waals surface area contributed by atoms with Crippen LogP contribution in [0.15, 0.2) is 54.6 Å². The quantitative estimate of drug-likeness (QED) is 0.590. The minimum atomic E-state index is 0.245. The Balaban J connectivity index is 1.27. The molecule has 5 heteroatoms. The van der Waals surface area contributed by atoms with Gasteiger partial charge in [0.2, 0.25) is 0 Å². The highest BCUT2D eigenvalue weighted by molar-refractivity contribution is 5.95. The summed E-state index contributed by atoms with van der Waals surface area (Å²) >= 11 is 0. The molecule has 0 aliphatic carbocycles. The summed E-state index contributed by atoms with van der Waals surface area (Å²) in [7, 11) is 1.66. The van der Waals surface area contributed by atoms with Gasteiger partial charge in [0.15, 0.2) is 5.78 Å². The third-order valence-corrected chi connectivity index (χ3v) is 5.17. The lowest BCUT2D eigenvalue weighted by Gasteiger charge is -2.34. The molecule has 5 nitrogen and oxygen atoms in total. The topological polar surface area (TPSA) is 42.0 Å². The summed E-state index contributed by atoms with van der Waals surface area (Å²) in [5.74, 6) is 1.96. The van der Waals surface area contributed by atoms with Crippen molar-refractivity contribution < 1.29 is 14.3 Å². The van der Waals surface area contributed by atoms with Gasteiger partial charge < -0.3 is 14.4 Å². The van der Waals surface area contributed by atoms with Crippen molar-refractivity contribution in [1.29, 1.82) is 0 Å². The largest absolute Gasteiger partial charge is 0.497 e. The normalized spacial score (nSPS) is 15.3. The van der Waals surface area contributed by atoms with Crippen LogP contribution in [0, 0.1) is 0 Å². The van der Waals surface area contributed by atoms with Crippen LogP contribution < -0.4 is 9.47 Å². The van der Waals surface area contributed by atoms with Gasteiger partial charge in [0.1, 0.15) is 18.1 Å². The van der Waals surface area contributed by atoms with Crippen LogP contribution in [-0.2, 0) is 0 Å². The van der Waals surface area contributed by atoms with Gasteiger partial charge in [0.25, 0.3) is 0 Å². The number of carbonyl (C=O) groups is 1. The molecule has 0 saturated carbocycles. The molecule has 0 atom stereocenters. The average molecular weight is 383 g/mol. The Morgan fingerprint density at radius 2 is 1.46 bits per heavy atom. The summed E-state index contributed by atoms with van der Waals surface area (Å²) in [6, 6.07) is 17.3. The van der Waals surface area contributed by atoms with E-state index in [4.69, 9.17) is 9.47 Å². The summed E-state index contributed by atoms with van der Waals surface area (Å²) in [4.78, 5) is 17.1. The Hall–Kier alpha value is -2.37. The number of piperazine rings is 1. The van der Waals surface area contributed by atoms with E-state index in [1.165, 1.54) is 0 Å². The molecule has 1 saturated heterocycles. The second-order valence-electron chi connectivity index (χ2n) is 7.10. The number of hydrogen-bond donors (Lipinski definition) is 0. The lowest BCUT2D eigenvalue weighted by molar-refractivity contribution is 0.0953. The SMILES string of the molecule is COc1ccc(OCCN2CCN(CCCC(=O)c3ccccc3)CC2)cc1. The molecule has 0 aromatic heterocycles. The Labute approximate surface area is 167 Å². The highest BCUT2D eigenvalue weighted by Gasteiger charge is 2.16. The number of Topliss-reactive ketones (excluding diaryl/α,β-unsaturated/α-hetero) is 1. The maximum atomic E-state index is 12.2. The predicted octanol–water partition coefficient (Wildman–Crippen LogP) is 3.35. The van der Waals surface area contributed by atoms with E-state index >= 15 is 0 Å². The first kappa shape index (κ1) is 20.4. The van der Waals surface area contributed by atoms with E-state index in [2.05, 4.69) is 9.80 Å². The van der Waals surface area contributed by atoms with Crippen LogP contribution in [0.3, 0.4) is 0 Å². The van der Waals surface area contributed by atoms with Gasteiger partial charge in [-0.25, -0.2) is 0 Å². The van der Waals surface area contributed by atoms with Crippen LogP contribution in [0.25, 0.3) is 0 Å². The first-order valence-corrected chi connectivity index (χ1v) is 10.0. The van der Waals surface area contributed by atoms with Gasteiger partial charge in [-0.2, -0.15) is 0 Å². The number of rotatable bonds is 10. The Morgan fingerprint density at radius 3 is 2.11 bits per heavy atom. The maximum Gasteiger partial charge on any atom is 0.162 e. The van der Waals surface area contributed by atoms with Crippen LogP contribution >= 0.6 is 0 Å². The Kier molecular flexibility index (Phi) is 7.88. The summed E-state index contributed by atoms with van der Waals surface area (Å²) in [5.41, 5.74) is 0.823. The van der Waals surface area contributed by atoms with Gasteiger partial charge >= 0.3 is 0 Å². The molecule has 0 amide bonds. The summed E-state index contributed by atoms with van der Waals surface area (Å²) in [5, 5.41) is 0. The molecular formula is C23H30N2O3. The van der Waals surface area contributed by atoms with Crippen molar-refractivity contribution in [2.75, 3.05) is 53.0 Å². The molecule has 2 aromatic rings. The van der Waals surface area contributed by atoms with Crippen molar-refractivity contribution in [2.24, 2.45) is 0 Å². The molecule has 28 heavy (non-hydrogen) atoms. The van der Waals surface area contributed by atoms with Crippen LogP contribution in [0.1, 0.15) is 23.2 Å². The molecule has 3 rings (SSSR count). The highest BCUT2D eigenvalue weighted by atomic mass is 16.5. The van der Waals surface area contributed by atoms with E-state index in [9.17, 15) is 4.79 Å². The first-order valence-electron chi connectivity index (χ1n) is 10.0. The molecule has 1 fully saturated rings. The van der Waals surface area contributed by atoms with E-state index < -0.39 is 0 Å². The Bertz CT molecular complexity index is 710. The van der Waals surface area contributed by atoms with Crippen molar-refractivity contribution in [3.63, 3.8) is 0 Å². The molecule has 1 aliphatic heterocycles. The first-order chi connectivity index (χ1) is 13.7. The zero-order valence-electron chi connectivity index (χ0n) is 16.7. The maximum absolute atomic E-state index is 12.2. The molecule has 1 aliphatic rings. The van der Waals surface area contributed by atoms with E-state index in [0.29, 0.717) is 13.0 Å². The Morgan fingerprint density at radius 1 is 0.857 bits per heavy atom. The summed E-state index contributed by atoms with van der Waals surface area (Å²) in [6.45, 7) is 6.85. The van der Waals surface area contributed by atoms with Crippen LogP contribution in [-0.4, -0.2) is 68.6 Å². The minimum absolute atomic E-state index is 0.245. The zero-order chi connectivity index (χ0) is 19.6. The van der Waals surface area contributed by atoms with Crippen LogP contribution in [0.2, 0.25) is 0 Å².